The van der Waals surface area contributed by atoms with E-state index in [2.05, 4.69) is 26.6 Å². The van der Waals surface area contributed by atoms with Gasteiger partial charge in [0.15, 0.2) is 0 Å². The average molecular weight is 172 g/mol. The van der Waals surface area contributed by atoms with E-state index >= 15 is 0 Å². The molecule has 0 amide bonds. The minimum Gasteiger partial charge on any atom is -0.300 e. The van der Waals surface area contributed by atoms with Gasteiger partial charge in [-0.05, 0) is 19.4 Å². The van der Waals surface area contributed by atoms with Crippen LogP contribution < -0.4 is 0 Å². The summed E-state index contributed by atoms with van der Waals surface area (Å²) < 4.78 is 0. The summed E-state index contributed by atoms with van der Waals surface area (Å²) in [5.41, 5.74) is 0. The molecule has 0 aliphatic rings. The molecule has 2 heteroatoms. The maximum atomic E-state index is 11.1. The monoisotopic (exact) mass is 172 g/mol. The number of hydrogen-bond donors (Lipinski definition) is 0. The summed E-state index contributed by atoms with van der Waals surface area (Å²) in [5, 5.41) is 0. The molecule has 0 aromatic rings. The van der Waals surface area contributed by atoms with E-state index in [0.717, 1.165) is 12.5 Å². The molecule has 66 valence electrons. The van der Waals surface area contributed by atoms with Gasteiger partial charge in [-0.2, -0.15) is 0 Å². The predicted molar refractivity (Wildman–Crippen MR) is 52.6 cm³/mol. The van der Waals surface area contributed by atoms with E-state index in [1.807, 2.05) is 0 Å². The first kappa shape index (κ1) is 10.9. The summed E-state index contributed by atoms with van der Waals surface area (Å²) in [6, 6.07) is 1.15. The molecule has 11 heavy (non-hydrogen) atoms. The smallest absolute Gasteiger partial charge is 0.132 e. The average Bonchev–Trinajstić information content (AvgIpc) is 1.80. The first-order chi connectivity index (χ1) is 4.87. The van der Waals surface area contributed by atoms with Gasteiger partial charge >= 0.3 is 0 Å². The largest absolute Gasteiger partial charge is 0.300 e. The third-order valence-corrected chi connectivity index (χ3v) is 3.64. The second kappa shape index (κ2) is 4.05. The maximum absolute atomic E-state index is 11.1. The minimum atomic E-state index is -1.02. The Balaban J connectivity index is 3.99. The number of Topliss-reactive ketones (excluding diaryl/α,β-unsaturated/α-hetero) is 1. The van der Waals surface area contributed by atoms with Gasteiger partial charge in [0.2, 0.25) is 0 Å². The van der Waals surface area contributed by atoms with Gasteiger partial charge in [0, 0.05) is 14.0 Å². The molecule has 0 aromatic heterocycles. The zero-order valence-corrected chi connectivity index (χ0v) is 9.40. The van der Waals surface area contributed by atoms with Crippen LogP contribution >= 0.6 is 0 Å². The van der Waals surface area contributed by atoms with Crippen molar-refractivity contribution < 1.29 is 4.79 Å². The van der Waals surface area contributed by atoms with Crippen LogP contribution in [0.1, 0.15) is 20.3 Å². The standard InChI is InChI=1S/C9H20OSi/c1-6-9(8(2)10)7-11(3,4)5/h9H,6-7H2,1-5H3. The molecule has 0 N–H and O–H groups in total. The first-order valence-electron chi connectivity index (χ1n) is 4.37. The summed E-state index contributed by atoms with van der Waals surface area (Å²) >= 11 is 0. The quantitative estimate of drug-likeness (QED) is 0.596. The van der Waals surface area contributed by atoms with Crippen LogP contribution in [0.5, 0.6) is 0 Å². The minimum absolute atomic E-state index is 0.335. The van der Waals surface area contributed by atoms with Gasteiger partial charge in [0.1, 0.15) is 5.78 Å². The molecule has 0 aliphatic carbocycles. The molecule has 1 nitrogen and oxygen atoms in total. The lowest BCUT2D eigenvalue weighted by Crippen LogP contribution is -2.26. The lowest BCUT2D eigenvalue weighted by Gasteiger charge is -2.21. The number of hydrogen-bond acceptors (Lipinski definition) is 1. The summed E-state index contributed by atoms with van der Waals surface area (Å²) in [7, 11) is -1.02. The lowest BCUT2D eigenvalue weighted by atomic mass is 10.1. The van der Waals surface area contributed by atoms with Crippen molar-refractivity contribution in [3.63, 3.8) is 0 Å². The Morgan fingerprint density at radius 3 is 1.91 bits per heavy atom. The summed E-state index contributed by atoms with van der Waals surface area (Å²) in [5.74, 6) is 0.705. The molecular formula is C9H20OSi. The third-order valence-electron chi connectivity index (χ3n) is 1.93. The van der Waals surface area contributed by atoms with Gasteiger partial charge in [-0.15, -0.1) is 0 Å². The predicted octanol–water partition coefficient (Wildman–Crippen LogP) is 2.94. The molecular weight excluding hydrogens is 152 g/mol. The zero-order valence-electron chi connectivity index (χ0n) is 8.40. The fourth-order valence-corrected chi connectivity index (χ4v) is 3.37. The van der Waals surface area contributed by atoms with Crippen molar-refractivity contribution in [2.45, 2.75) is 46.0 Å². The Morgan fingerprint density at radius 2 is 1.82 bits per heavy atom. The first-order valence-corrected chi connectivity index (χ1v) is 8.08. The topological polar surface area (TPSA) is 17.1 Å². The molecule has 0 radical (unpaired) electrons. The van der Waals surface area contributed by atoms with Crippen LogP contribution in [-0.4, -0.2) is 13.9 Å². The second-order valence-electron chi connectivity index (χ2n) is 4.48. The van der Waals surface area contributed by atoms with Crippen LogP contribution in [0.2, 0.25) is 25.7 Å². The van der Waals surface area contributed by atoms with E-state index in [-0.39, 0.29) is 0 Å². The Hall–Kier alpha value is -0.113. The molecule has 0 saturated heterocycles. The van der Waals surface area contributed by atoms with Crippen molar-refractivity contribution in [1.82, 2.24) is 0 Å². The normalized spacial score (nSPS) is 14.6. The molecule has 0 saturated carbocycles. The summed E-state index contributed by atoms with van der Waals surface area (Å²) in [6.45, 7) is 10.8. The van der Waals surface area contributed by atoms with E-state index in [9.17, 15) is 4.79 Å². The van der Waals surface area contributed by atoms with Gasteiger partial charge < -0.3 is 0 Å². The fourth-order valence-electron chi connectivity index (χ4n) is 1.31. The Morgan fingerprint density at radius 1 is 1.36 bits per heavy atom. The Kier molecular flexibility index (Phi) is 4.01. The van der Waals surface area contributed by atoms with Crippen molar-refractivity contribution in [1.29, 1.82) is 0 Å². The highest BCUT2D eigenvalue weighted by atomic mass is 28.3. The SMILES string of the molecule is CCC(C[Si](C)(C)C)C(C)=O. The van der Waals surface area contributed by atoms with Crippen molar-refractivity contribution in [2.24, 2.45) is 5.92 Å². The molecule has 0 rings (SSSR count). The van der Waals surface area contributed by atoms with Crippen LogP contribution in [-0.2, 0) is 4.79 Å². The van der Waals surface area contributed by atoms with Crippen molar-refractivity contribution in [3.8, 4) is 0 Å². The van der Waals surface area contributed by atoms with Gasteiger partial charge in [-0.25, -0.2) is 0 Å². The highest BCUT2D eigenvalue weighted by Gasteiger charge is 2.21. The fraction of sp³-hybridized carbons (Fsp3) is 0.889. The molecule has 1 atom stereocenters. The van der Waals surface area contributed by atoms with Gasteiger partial charge in [-0.3, -0.25) is 4.79 Å². The number of rotatable bonds is 4. The molecule has 0 bridgehead atoms. The molecule has 0 spiro atoms. The molecule has 0 aliphatic heterocycles. The highest BCUT2D eigenvalue weighted by molar-refractivity contribution is 6.76. The number of ketones is 1. The van der Waals surface area contributed by atoms with Crippen LogP contribution in [0.15, 0.2) is 0 Å². The maximum Gasteiger partial charge on any atom is 0.132 e. The second-order valence-corrected chi connectivity index (χ2v) is 10.0. The number of carbonyl (C=O) groups excluding carboxylic acids is 1. The van der Waals surface area contributed by atoms with Crippen molar-refractivity contribution in [2.75, 3.05) is 0 Å². The van der Waals surface area contributed by atoms with Crippen LogP contribution in [0.25, 0.3) is 0 Å². The molecule has 0 fully saturated rings. The molecule has 0 heterocycles. The van der Waals surface area contributed by atoms with E-state index in [1.165, 1.54) is 0 Å². The van der Waals surface area contributed by atoms with E-state index < -0.39 is 8.07 Å². The third kappa shape index (κ3) is 5.19. The van der Waals surface area contributed by atoms with Gasteiger partial charge in [-0.1, -0.05) is 26.6 Å². The molecule has 0 aromatic carbocycles. The Labute approximate surface area is 71.2 Å². The van der Waals surface area contributed by atoms with Crippen molar-refractivity contribution in [3.05, 3.63) is 0 Å². The van der Waals surface area contributed by atoms with E-state index in [0.29, 0.717) is 11.7 Å². The summed E-state index contributed by atoms with van der Waals surface area (Å²) in [6.07, 6.45) is 1.01. The van der Waals surface area contributed by atoms with Crippen molar-refractivity contribution >= 4 is 13.9 Å². The van der Waals surface area contributed by atoms with Gasteiger partial charge in [0.05, 0.1) is 0 Å². The van der Waals surface area contributed by atoms with Crippen LogP contribution in [0.3, 0.4) is 0 Å². The van der Waals surface area contributed by atoms with E-state index in [1.54, 1.807) is 6.92 Å². The summed E-state index contributed by atoms with van der Waals surface area (Å²) in [4.78, 5) is 11.1. The van der Waals surface area contributed by atoms with Gasteiger partial charge in [0.25, 0.3) is 0 Å². The number of carbonyl (C=O) groups is 1. The van der Waals surface area contributed by atoms with E-state index in [4.69, 9.17) is 0 Å². The van der Waals surface area contributed by atoms with Crippen LogP contribution in [0.4, 0.5) is 0 Å². The zero-order chi connectivity index (χ0) is 9.07. The highest BCUT2D eigenvalue weighted by Crippen LogP contribution is 2.19. The molecule has 1 unspecified atom stereocenters. The lowest BCUT2D eigenvalue weighted by molar-refractivity contribution is -0.120. The van der Waals surface area contributed by atoms with Crippen LogP contribution in [0, 0.1) is 5.92 Å². The Bertz CT molecular complexity index is 135.